The number of fused-ring (bicyclic) bond motifs is 1. The highest BCUT2D eigenvalue weighted by Gasteiger charge is 2.22. The Labute approximate surface area is 199 Å². The average molecular weight is 467 g/mol. The van der Waals surface area contributed by atoms with Crippen molar-refractivity contribution in [3.8, 4) is 5.75 Å². The lowest BCUT2D eigenvalue weighted by Crippen LogP contribution is -2.44. The highest BCUT2D eigenvalue weighted by Crippen LogP contribution is 2.27. The highest BCUT2D eigenvalue weighted by atomic mass is 16.5. The Kier molecular flexibility index (Phi) is 7.33. The maximum Gasteiger partial charge on any atom is 0.220 e. The number of pyridine rings is 1. The van der Waals surface area contributed by atoms with Gasteiger partial charge in [0, 0.05) is 31.9 Å². The topological polar surface area (TPSA) is 119 Å². The number of rotatable bonds is 9. The third kappa shape index (κ3) is 5.66. The summed E-state index contributed by atoms with van der Waals surface area (Å²) in [5, 5.41) is 13.9. The molecular weight excluding hydrogens is 432 g/mol. The first-order valence-electron chi connectivity index (χ1n) is 11.8. The number of aryl methyl sites for hydroxylation is 3. The summed E-state index contributed by atoms with van der Waals surface area (Å²) in [4.78, 5) is 22.9. The molecule has 1 aliphatic rings. The summed E-state index contributed by atoms with van der Waals surface area (Å²) in [6.45, 7) is 10.3. The Morgan fingerprint density at radius 2 is 2.09 bits per heavy atom. The smallest absolute Gasteiger partial charge is 0.220 e. The zero-order valence-electron chi connectivity index (χ0n) is 20.2. The SMILES string of the molecule is Cc1cc(C)c2nc(NCCCN3CCOC(CC(N)=O)C3)n(Cc3nc(C)ccc3O)c2c1. The minimum atomic E-state index is -0.327. The van der Waals surface area contributed by atoms with Crippen molar-refractivity contribution in [3.63, 3.8) is 0 Å². The number of carbonyl (C=O) groups is 1. The van der Waals surface area contributed by atoms with Gasteiger partial charge in [0.2, 0.25) is 11.9 Å². The minimum Gasteiger partial charge on any atom is -0.506 e. The molecule has 34 heavy (non-hydrogen) atoms. The van der Waals surface area contributed by atoms with Crippen LogP contribution in [0.4, 0.5) is 5.95 Å². The van der Waals surface area contributed by atoms with E-state index in [1.54, 1.807) is 12.1 Å². The van der Waals surface area contributed by atoms with Gasteiger partial charge >= 0.3 is 0 Å². The summed E-state index contributed by atoms with van der Waals surface area (Å²) < 4.78 is 7.73. The van der Waals surface area contributed by atoms with Crippen LogP contribution in [0.25, 0.3) is 11.0 Å². The number of aromatic hydroxyl groups is 1. The van der Waals surface area contributed by atoms with Crippen molar-refractivity contribution in [1.82, 2.24) is 19.4 Å². The molecule has 0 bridgehead atoms. The third-order valence-electron chi connectivity index (χ3n) is 6.17. The maximum absolute atomic E-state index is 11.2. The van der Waals surface area contributed by atoms with Crippen LogP contribution in [0.1, 0.15) is 35.4 Å². The zero-order valence-corrected chi connectivity index (χ0v) is 20.2. The Bertz CT molecular complexity index is 1180. The molecule has 0 saturated carbocycles. The lowest BCUT2D eigenvalue weighted by atomic mass is 10.1. The van der Waals surface area contributed by atoms with Gasteiger partial charge in [0.05, 0.1) is 36.7 Å². The van der Waals surface area contributed by atoms with Gasteiger partial charge in [0.1, 0.15) is 11.4 Å². The number of hydrogen-bond acceptors (Lipinski definition) is 7. The number of ether oxygens (including phenoxy) is 1. The van der Waals surface area contributed by atoms with Crippen molar-refractivity contribution in [2.45, 2.75) is 46.3 Å². The quantitative estimate of drug-likeness (QED) is 0.415. The van der Waals surface area contributed by atoms with Crippen molar-refractivity contribution >= 4 is 22.9 Å². The van der Waals surface area contributed by atoms with Crippen LogP contribution in [-0.2, 0) is 16.1 Å². The molecule has 1 aromatic carbocycles. The van der Waals surface area contributed by atoms with E-state index in [2.05, 4.69) is 45.7 Å². The van der Waals surface area contributed by atoms with Crippen LogP contribution >= 0.6 is 0 Å². The number of nitrogens with two attached hydrogens (primary N) is 1. The van der Waals surface area contributed by atoms with E-state index in [4.69, 9.17) is 15.5 Å². The number of anilines is 1. The van der Waals surface area contributed by atoms with E-state index in [9.17, 15) is 9.90 Å². The first kappa shape index (κ1) is 24.0. The van der Waals surface area contributed by atoms with Crippen molar-refractivity contribution < 1.29 is 14.6 Å². The van der Waals surface area contributed by atoms with Crippen LogP contribution in [0.5, 0.6) is 5.75 Å². The van der Waals surface area contributed by atoms with E-state index < -0.39 is 0 Å². The Morgan fingerprint density at radius 3 is 2.88 bits per heavy atom. The average Bonchev–Trinajstić information content (AvgIpc) is 3.11. The van der Waals surface area contributed by atoms with Crippen molar-refractivity contribution in [2.24, 2.45) is 5.73 Å². The Morgan fingerprint density at radius 1 is 1.26 bits per heavy atom. The Hall–Kier alpha value is -3.17. The number of nitrogens with one attached hydrogen (secondary N) is 1. The van der Waals surface area contributed by atoms with Gasteiger partial charge in [-0.3, -0.25) is 14.7 Å². The maximum atomic E-state index is 11.2. The fraction of sp³-hybridized carbons (Fsp3) is 0.480. The summed E-state index contributed by atoms with van der Waals surface area (Å²) in [6, 6.07) is 7.75. The molecule has 1 fully saturated rings. The fourth-order valence-electron chi connectivity index (χ4n) is 4.57. The molecule has 4 N–H and O–H groups in total. The van der Waals surface area contributed by atoms with E-state index in [0.717, 1.165) is 66.4 Å². The molecule has 3 heterocycles. The third-order valence-corrected chi connectivity index (χ3v) is 6.17. The molecule has 1 unspecified atom stereocenters. The van der Waals surface area contributed by atoms with E-state index in [1.807, 2.05) is 6.92 Å². The monoisotopic (exact) mass is 466 g/mol. The number of carbonyl (C=O) groups excluding carboxylic acids is 1. The first-order chi connectivity index (χ1) is 16.3. The number of nitrogens with zero attached hydrogens (tertiary/aromatic N) is 4. The first-order valence-corrected chi connectivity index (χ1v) is 11.8. The number of amides is 1. The molecule has 4 rings (SSSR count). The van der Waals surface area contributed by atoms with Gasteiger partial charge in [-0.25, -0.2) is 4.98 Å². The molecule has 0 spiro atoms. The van der Waals surface area contributed by atoms with E-state index in [-0.39, 0.29) is 24.2 Å². The molecule has 1 aliphatic heterocycles. The van der Waals surface area contributed by atoms with Gasteiger partial charge in [-0.1, -0.05) is 6.07 Å². The summed E-state index contributed by atoms with van der Waals surface area (Å²) in [5.41, 5.74) is 11.0. The van der Waals surface area contributed by atoms with Crippen LogP contribution in [0.2, 0.25) is 0 Å². The standard InChI is InChI=1S/C25H34N6O3/c1-16-11-17(2)24-21(12-16)31(15-20-22(32)6-5-18(3)28-20)25(29-24)27-7-4-8-30-9-10-34-19(14-30)13-23(26)33/h5-6,11-12,19,32H,4,7-10,13-15H2,1-3H3,(H2,26,33)(H,27,29). The van der Waals surface area contributed by atoms with Gasteiger partial charge in [0.25, 0.3) is 0 Å². The normalized spacial score (nSPS) is 16.7. The predicted octanol–water partition coefficient (Wildman–Crippen LogP) is 2.49. The van der Waals surface area contributed by atoms with Crippen LogP contribution in [0, 0.1) is 20.8 Å². The highest BCUT2D eigenvalue weighted by molar-refractivity contribution is 5.83. The molecule has 1 saturated heterocycles. The van der Waals surface area contributed by atoms with Gasteiger partial charge in [-0.05, 0) is 56.5 Å². The molecule has 3 aromatic rings. The number of morpholine rings is 1. The molecule has 1 atom stereocenters. The van der Waals surface area contributed by atoms with Gasteiger partial charge in [0.15, 0.2) is 0 Å². The summed E-state index contributed by atoms with van der Waals surface area (Å²) in [7, 11) is 0. The van der Waals surface area contributed by atoms with Crippen LogP contribution in [-0.4, -0.2) is 69.3 Å². The van der Waals surface area contributed by atoms with Crippen molar-refractivity contribution in [1.29, 1.82) is 0 Å². The van der Waals surface area contributed by atoms with Gasteiger partial charge in [-0.2, -0.15) is 0 Å². The molecule has 9 nitrogen and oxygen atoms in total. The molecular formula is C25H34N6O3. The molecule has 182 valence electrons. The van der Waals surface area contributed by atoms with E-state index >= 15 is 0 Å². The largest absolute Gasteiger partial charge is 0.506 e. The number of imidazole rings is 1. The van der Waals surface area contributed by atoms with Gasteiger partial charge < -0.3 is 25.5 Å². The number of hydrogen-bond donors (Lipinski definition) is 3. The molecule has 9 heteroatoms. The molecule has 2 aromatic heterocycles. The number of aromatic nitrogens is 3. The number of benzene rings is 1. The van der Waals surface area contributed by atoms with Crippen LogP contribution in [0.3, 0.4) is 0 Å². The molecule has 0 radical (unpaired) electrons. The van der Waals surface area contributed by atoms with Gasteiger partial charge in [-0.15, -0.1) is 0 Å². The summed E-state index contributed by atoms with van der Waals surface area (Å²) >= 11 is 0. The minimum absolute atomic E-state index is 0.121. The second-order valence-electron chi connectivity index (χ2n) is 9.13. The van der Waals surface area contributed by atoms with E-state index in [1.165, 1.54) is 0 Å². The van der Waals surface area contributed by atoms with Crippen molar-refractivity contribution in [2.75, 3.05) is 38.1 Å². The number of primary amides is 1. The Balaban J connectivity index is 1.47. The molecule has 0 aliphatic carbocycles. The van der Waals surface area contributed by atoms with Crippen LogP contribution in [0.15, 0.2) is 24.3 Å². The second-order valence-corrected chi connectivity index (χ2v) is 9.13. The van der Waals surface area contributed by atoms with Crippen LogP contribution < -0.4 is 11.1 Å². The summed E-state index contributed by atoms with van der Waals surface area (Å²) in [5.74, 6) is 0.618. The zero-order chi connectivity index (χ0) is 24.2. The lowest BCUT2D eigenvalue weighted by Gasteiger charge is -2.32. The second kappa shape index (κ2) is 10.4. The predicted molar refractivity (Wildman–Crippen MR) is 132 cm³/mol. The lowest BCUT2D eigenvalue weighted by molar-refractivity contribution is -0.122. The summed E-state index contributed by atoms with van der Waals surface area (Å²) in [6.07, 6.45) is 1.06. The molecule has 1 amide bonds. The fourth-order valence-corrected chi connectivity index (χ4v) is 4.57. The van der Waals surface area contributed by atoms with Crippen molar-refractivity contribution in [3.05, 3.63) is 46.8 Å². The van der Waals surface area contributed by atoms with E-state index in [0.29, 0.717) is 18.8 Å².